The van der Waals surface area contributed by atoms with E-state index in [-0.39, 0.29) is 47.0 Å². The fraction of sp³-hybridized carbons (Fsp3) is 0.207. The number of ether oxygens (including phenoxy) is 2. The Morgan fingerprint density at radius 3 is 2.60 bits per heavy atom. The number of fused-ring (bicyclic) bond motifs is 2. The molecule has 0 saturated heterocycles. The molecule has 0 aliphatic carbocycles. The zero-order chi connectivity index (χ0) is 30.5. The van der Waals surface area contributed by atoms with Gasteiger partial charge in [-0.1, -0.05) is 6.07 Å². The number of hydrogen-bond acceptors (Lipinski definition) is 8. The first-order chi connectivity index (χ1) is 20.5. The van der Waals surface area contributed by atoms with Crippen molar-refractivity contribution in [1.82, 2.24) is 19.7 Å². The highest BCUT2D eigenvalue weighted by molar-refractivity contribution is 6.06. The summed E-state index contributed by atoms with van der Waals surface area (Å²) in [4.78, 5) is 34.4. The fourth-order valence-corrected chi connectivity index (χ4v) is 4.82. The minimum atomic E-state index is -4.79. The van der Waals surface area contributed by atoms with Crippen LogP contribution in [0.15, 0.2) is 65.2 Å². The van der Waals surface area contributed by atoms with Crippen LogP contribution in [0.4, 0.5) is 18.9 Å². The predicted molar refractivity (Wildman–Crippen MR) is 144 cm³/mol. The van der Waals surface area contributed by atoms with Gasteiger partial charge < -0.3 is 23.9 Å². The van der Waals surface area contributed by atoms with Crippen LogP contribution in [0.5, 0.6) is 5.75 Å². The molecule has 4 heterocycles. The smallest absolute Gasteiger partial charge is 0.435 e. The Kier molecular flexibility index (Phi) is 6.85. The van der Waals surface area contributed by atoms with Gasteiger partial charge in [0.2, 0.25) is 0 Å². The SMILES string of the molecule is Cc1nc2ncc(N(C)C(=O)c3cccc(-n4nc(C(F)(F)F)c5c4C(Oc4ccc(C(=O)O)cc4)COC5)c3)cc2o1. The van der Waals surface area contributed by atoms with E-state index < -0.39 is 29.9 Å². The molecule has 3 aromatic heterocycles. The highest BCUT2D eigenvalue weighted by Crippen LogP contribution is 2.40. The third-order valence-electron chi connectivity index (χ3n) is 6.86. The van der Waals surface area contributed by atoms with Gasteiger partial charge >= 0.3 is 12.1 Å². The summed E-state index contributed by atoms with van der Waals surface area (Å²) < 4.78 is 60.3. The number of aromatic nitrogens is 4. The molecule has 1 amide bonds. The molecule has 1 atom stereocenters. The van der Waals surface area contributed by atoms with Crippen LogP contribution in [0.1, 0.15) is 49.7 Å². The van der Waals surface area contributed by atoms with Crippen LogP contribution in [-0.4, -0.2) is 50.4 Å². The lowest BCUT2D eigenvalue weighted by atomic mass is 10.1. The molecule has 1 aliphatic rings. The highest BCUT2D eigenvalue weighted by atomic mass is 19.4. The summed E-state index contributed by atoms with van der Waals surface area (Å²) in [6, 6.07) is 13.1. The first-order valence-corrected chi connectivity index (χ1v) is 12.9. The largest absolute Gasteiger partial charge is 0.482 e. The monoisotopic (exact) mass is 593 g/mol. The van der Waals surface area contributed by atoms with E-state index in [0.29, 0.717) is 22.8 Å². The van der Waals surface area contributed by atoms with Crippen LogP contribution < -0.4 is 9.64 Å². The standard InChI is InChI=1S/C29H22F3N5O6/c1-15-34-26-22(42-15)11-19(12-33-26)36(2)27(38)17-4-3-5-18(10-17)37-24-21(25(35-37)29(30,31)32)13-41-14-23(24)43-20-8-6-16(7-9-20)28(39)40/h3-12,23H,13-14H2,1-2H3,(H,39,40). The lowest BCUT2D eigenvalue weighted by Gasteiger charge is -2.26. The number of pyridine rings is 1. The summed E-state index contributed by atoms with van der Waals surface area (Å²) in [5.41, 5.74) is 0.402. The number of nitrogens with zero attached hydrogens (tertiary/aromatic N) is 5. The molecule has 2 aromatic carbocycles. The van der Waals surface area contributed by atoms with Gasteiger partial charge in [-0.05, 0) is 42.5 Å². The molecule has 43 heavy (non-hydrogen) atoms. The van der Waals surface area contributed by atoms with E-state index in [1.807, 2.05) is 0 Å². The minimum Gasteiger partial charge on any atom is -0.482 e. The van der Waals surface area contributed by atoms with Gasteiger partial charge in [-0.2, -0.15) is 23.3 Å². The number of alkyl halides is 3. The van der Waals surface area contributed by atoms with Crippen LogP contribution in [0.25, 0.3) is 16.9 Å². The summed E-state index contributed by atoms with van der Waals surface area (Å²) in [6.45, 7) is 1.24. The quantitative estimate of drug-likeness (QED) is 0.276. The molecule has 14 heteroatoms. The van der Waals surface area contributed by atoms with Gasteiger partial charge in [0.25, 0.3) is 5.91 Å². The maximum absolute atomic E-state index is 14.1. The molecular weight excluding hydrogens is 571 g/mol. The third-order valence-corrected chi connectivity index (χ3v) is 6.86. The number of halogens is 3. The van der Waals surface area contributed by atoms with Crippen LogP contribution in [0, 0.1) is 6.92 Å². The number of carboxylic acid groups (broad SMARTS) is 1. The summed E-state index contributed by atoms with van der Waals surface area (Å²) in [6.07, 6.45) is -4.34. The second-order valence-corrected chi connectivity index (χ2v) is 9.74. The number of carbonyl (C=O) groups excluding carboxylic acids is 1. The first kappa shape index (κ1) is 27.9. The van der Waals surface area contributed by atoms with E-state index in [1.165, 1.54) is 60.6 Å². The van der Waals surface area contributed by atoms with E-state index in [1.54, 1.807) is 19.1 Å². The number of carbonyl (C=O) groups is 2. The number of anilines is 1. The maximum Gasteiger partial charge on any atom is 0.435 e. The third kappa shape index (κ3) is 5.28. The van der Waals surface area contributed by atoms with Crippen molar-refractivity contribution in [2.24, 2.45) is 0 Å². The Bertz CT molecular complexity index is 1870. The van der Waals surface area contributed by atoms with Gasteiger partial charge in [0, 0.05) is 31.2 Å². The van der Waals surface area contributed by atoms with Crippen molar-refractivity contribution < 1.29 is 41.8 Å². The summed E-state index contributed by atoms with van der Waals surface area (Å²) in [5, 5.41) is 13.1. The fourth-order valence-electron chi connectivity index (χ4n) is 4.82. The molecule has 0 spiro atoms. The first-order valence-electron chi connectivity index (χ1n) is 12.9. The van der Waals surface area contributed by atoms with Crippen molar-refractivity contribution >= 4 is 28.8 Å². The highest BCUT2D eigenvalue weighted by Gasteiger charge is 2.43. The zero-order valence-corrected chi connectivity index (χ0v) is 22.6. The molecule has 1 N–H and O–H groups in total. The van der Waals surface area contributed by atoms with Gasteiger partial charge in [-0.15, -0.1) is 0 Å². The number of carboxylic acids is 1. The van der Waals surface area contributed by atoms with Crippen LogP contribution >= 0.6 is 0 Å². The molecule has 1 aliphatic heterocycles. The minimum absolute atomic E-state index is 0.0235. The molecule has 0 radical (unpaired) electrons. The second kappa shape index (κ2) is 10.5. The molecule has 220 valence electrons. The molecule has 0 fully saturated rings. The van der Waals surface area contributed by atoms with Crippen LogP contribution in [0.3, 0.4) is 0 Å². The predicted octanol–water partition coefficient (Wildman–Crippen LogP) is 5.36. The number of hydrogen-bond donors (Lipinski definition) is 1. The van der Waals surface area contributed by atoms with Gasteiger partial charge in [0.1, 0.15) is 5.75 Å². The number of oxazole rings is 1. The number of aromatic carboxylic acids is 1. The molecule has 0 bridgehead atoms. The molecule has 1 unspecified atom stereocenters. The number of benzene rings is 2. The van der Waals surface area contributed by atoms with E-state index in [2.05, 4.69) is 15.1 Å². The van der Waals surface area contributed by atoms with Gasteiger partial charge in [0.15, 0.2) is 28.9 Å². The average molecular weight is 594 g/mol. The van der Waals surface area contributed by atoms with Gasteiger partial charge in [-0.3, -0.25) is 4.79 Å². The van der Waals surface area contributed by atoms with Gasteiger partial charge in [0.05, 0.1) is 42.0 Å². The van der Waals surface area contributed by atoms with E-state index >= 15 is 0 Å². The Morgan fingerprint density at radius 2 is 1.88 bits per heavy atom. The molecule has 6 rings (SSSR count). The van der Waals surface area contributed by atoms with Crippen molar-refractivity contribution in [1.29, 1.82) is 0 Å². The number of rotatable bonds is 6. The molecule has 5 aromatic rings. The lowest BCUT2D eigenvalue weighted by Crippen LogP contribution is -2.27. The van der Waals surface area contributed by atoms with Crippen LogP contribution in [-0.2, 0) is 17.5 Å². The van der Waals surface area contributed by atoms with Gasteiger partial charge in [-0.25, -0.2) is 14.5 Å². The molecule has 11 nitrogen and oxygen atoms in total. The maximum atomic E-state index is 14.1. The Balaban J connectivity index is 1.37. The van der Waals surface area contributed by atoms with Crippen molar-refractivity contribution in [2.45, 2.75) is 25.8 Å². The van der Waals surface area contributed by atoms with E-state index in [9.17, 15) is 22.8 Å². The summed E-state index contributed by atoms with van der Waals surface area (Å²) in [7, 11) is 1.54. The van der Waals surface area contributed by atoms with Crippen molar-refractivity contribution in [3.63, 3.8) is 0 Å². The van der Waals surface area contributed by atoms with E-state index in [0.717, 1.165) is 4.68 Å². The van der Waals surface area contributed by atoms with Crippen LogP contribution in [0.2, 0.25) is 0 Å². The normalized spacial score (nSPS) is 14.9. The summed E-state index contributed by atoms with van der Waals surface area (Å²) in [5.74, 6) is -0.934. The van der Waals surface area contributed by atoms with Crippen molar-refractivity contribution in [2.75, 3.05) is 18.6 Å². The topological polar surface area (TPSA) is 133 Å². The summed E-state index contributed by atoms with van der Waals surface area (Å²) >= 11 is 0. The average Bonchev–Trinajstić information content (AvgIpc) is 3.57. The zero-order valence-electron chi connectivity index (χ0n) is 22.6. The van der Waals surface area contributed by atoms with Crippen molar-refractivity contribution in [3.8, 4) is 11.4 Å². The number of aryl methyl sites for hydroxylation is 1. The Hall–Kier alpha value is -5.24. The van der Waals surface area contributed by atoms with E-state index in [4.69, 9.17) is 19.0 Å². The molecular formula is C29H22F3N5O6. The number of amides is 1. The van der Waals surface area contributed by atoms with Crippen molar-refractivity contribution in [3.05, 3.63) is 94.8 Å². The lowest BCUT2D eigenvalue weighted by molar-refractivity contribution is -0.143. The molecule has 0 saturated carbocycles. The second-order valence-electron chi connectivity index (χ2n) is 9.74. The Labute approximate surface area is 241 Å². The Morgan fingerprint density at radius 1 is 1.12 bits per heavy atom.